The number of esters is 3. The highest BCUT2D eigenvalue weighted by Crippen LogP contribution is 2.18. The summed E-state index contributed by atoms with van der Waals surface area (Å²) in [5.74, 6) is -0.872. The maximum atomic E-state index is 12.9. The molecule has 0 N–H and O–H groups in total. The predicted molar refractivity (Wildman–Crippen MR) is 335 cm³/mol. The van der Waals surface area contributed by atoms with Crippen LogP contribution in [0.15, 0.2) is 60.8 Å². The minimum Gasteiger partial charge on any atom is -0.462 e. The second kappa shape index (κ2) is 65.6. The van der Waals surface area contributed by atoms with Gasteiger partial charge in [0.2, 0.25) is 0 Å². The van der Waals surface area contributed by atoms with Gasteiger partial charge in [0.1, 0.15) is 13.2 Å². The van der Waals surface area contributed by atoms with Gasteiger partial charge in [0.05, 0.1) is 0 Å². The Kier molecular flexibility index (Phi) is 63.2. The van der Waals surface area contributed by atoms with E-state index < -0.39 is 6.10 Å². The van der Waals surface area contributed by atoms with Gasteiger partial charge >= 0.3 is 17.9 Å². The topological polar surface area (TPSA) is 78.9 Å². The SMILES string of the molecule is CC/C=C\C/C=C\C/C=C\C/C=C\C/C=C\CCCCCCCC(=O)OC(COC(=O)CCCCCCCCCCCCCCCCC)COC(=O)CCCCCCCCCCCCCCCCCCCCCCCCC. The molecular weight excluding hydrogens is 949 g/mol. The summed E-state index contributed by atoms with van der Waals surface area (Å²) in [5, 5.41) is 0. The number of carbonyl (C=O) groups is 3. The molecule has 0 aromatic carbocycles. The molecule has 0 aliphatic rings. The van der Waals surface area contributed by atoms with Gasteiger partial charge in [-0.1, -0.05) is 332 Å². The Bertz CT molecular complexity index is 1380. The number of carbonyl (C=O) groups excluding carboxylic acids is 3. The summed E-state index contributed by atoms with van der Waals surface area (Å²) in [6.07, 6.45) is 83.8. The Hall–Kier alpha value is -2.89. The fourth-order valence-electron chi connectivity index (χ4n) is 10.0. The molecule has 0 aliphatic heterocycles. The van der Waals surface area contributed by atoms with Crippen LogP contribution in [0.25, 0.3) is 0 Å². The first-order valence-electron chi connectivity index (χ1n) is 33.8. The first kappa shape index (κ1) is 74.1. The van der Waals surface area contributed by atoms with E-state index in [0.29, 0.717) is 19.3 Å². The zero-order chi connectivity index (χ0) is 55.7. The average Bonchev–Trinajstić information content (AvgIpc) is 3.43. The van der Waals surface area contributed by atoms with E-state index in [1.54, 1.807) is 0 Å². The number of hydrogen-bond donors (Lipinski definition) is 0. The van der Waals surface area contributed by atoms with Crippen molar-refractivity contribution in [3.63, 3.8) is 0 Å². The largest absolute Gasteiger partial charge is 0.462 e. The third-order valence-electron chi connectivity index (χ3n) is 15.0. The van der Waals surface area contributed by atoms with Crippen LogP contribution in [-0.4, -0.2) is 37.2 Å². The molecule has 0 saturated heterocycles. The molecule has 0 spiro atoms. The van der Waals surface area contributed by atoms with Crippen molar-refractivity contribution in [2.45, 2.75) is 361 Å². The monoisotopic (exact) mass is 1080 g/mol. The maximum absolute atomic E-state index is 12.9. The average molecular weight is 1080 g/mol. The lowest BCUT2D eigenvalue weighted by Gasteiger charge is -2.18. The molecule has 0 saturated carbocycles. The number of allylic oxidation sites excluding steroid dienone is 10. The molecule has 448 valence electrons. The Balaban J connectivity index is 4.33. The number of ether oxygens (including phenoxy) is 3. The van der Waals surface area contributed by atoms with Crippen molar-refractivity contribution in [2.75, 3.05) is 13.2 Å². The molecule has 0 aromatic heterocycles. The van der Waals surface area contributed by atoms with E-state index >= 15 is 0 Å². The van der Waals surface area contributed by atoms with Crippen LogP contribution in [0.5, 0.6) is 0 Å². The molecular formula is C71H128O6. The minimum atomic E-state index is -0.783. The number of rotatable bonds is 62. The van der Waals surface area contributed by atoms with Crippen LogP contribution in [-0.2, 0) is 28.6 Å². The quantitative estimate of drug-likeness (QED) is 0.0261. The van der Waals surface area contributed by atoms with Crippen molar-refractivity contribution in [2.24, 2.45) is 0 Å². The van der Waals surface area contributed by atoms with Crippen LogP contribution in [0.1, 0.15) is 355 Å². The van der Waals surface area contributed by atoms with Crippen LogP contribution in [0.4, 0.5) is 0 Å². The molecule has 0 amide bonds. The smallest absolute Gasteiger partial charge is 0.306 e. The van der Waals surface area contributed by atoms with Crippen molar-refractivity contribution >= 4 is 17.9 Å². The summed E-state index contributed by atoms with van der Waals surface area (Å²) < 4.78 is 17.0. The molecule has 0 rings (SSSR count). The number of hydrogen-bond acceptors (Lipinski definition) is 6. The normalized spacial score (nSPS) is 12.4. The van der Waals surface area contributed by atoms with Gasteiger partial charge in [0.25, 0.3) is 0 Å². The molecule has 1 atom stereocenters. The van der Waals surface area contributed by atoms with Gasteiger partial charge in [-0.2, -0.15) is 0 Å². The summed E-state index contributed by atoms with van der Waals surface area (Å²) in [4.78, 5) is 38.4. The zero-order valence-electron chi connectivity index (χ0n) is 51.5. The minimum absolute atomic E-state index is 0.0774. The third-order valence-corrected chi connectivity index (χ3v) is 15.0. The van der Waals surface area contributed by atoms with E-state index in [4.69, 9.17) is 14.2 Å². The van der Waals surface area contributed by atoms with Gasteiger partial charge in [0, 0.05) is 19.3 Å². The van der Waals surface area contributed by atoms with Gasteiger partial charge in [-0.25, -0.2) is 0 Å². The summed E-state index contributed by atoms with van der Waals surface area (Å²) in [7, 11) is 0. The molecule has 1 unspecified atom stereocenters. The third kappa shape index (κ3) is 63.8. The van der Waals surface area contributed by atoms with Gasteiger partial charge in [-0.05, 0) is 64.2 Å². The van der Waals surface area contributed by atoms with E-state index in [1.807, 2.05) is 0 Å². The molecule has 0 aromatic rings. The van der Waals surface area contributed by atoms with Crippen molar-refractivity contribution < 1.29 is 28.6 Å². The molecule has 6 nitrogen and oxygen atoms in total. The van der Waals surface area contributed by atoms with E-state index in [1.165, 1.54) is 205 Å². The van der Waals surface area contributed by atoms with Crippen LogP contribution in [0.3, 0.4) is 0 Å². The predicted octanol–water partition coefficient (Wildman–Crippen LogP) is 23.1. The highest BCUT2D eigenvalue weighted by atomic mass is 16.6. The zero-order valence-corrected chi connectivity index (χ0v) is 51.5. The first-order chi connectivity index (χ1) is 38.0. The lowest BCUT2D eigenvalue weighted by atomic mass is 10.0. The van der Waals surface area contributed by atoms with Gasteiger partial charge in [0.15, 0.2) is 6.10 Å². The lowest BCUT2D eigenvalue weighted by Crippen LogP contribution is -2.30. The molecule has 0 aliphatic carbocycles. The van der Waals surface area contributed by atoms with Crippen LogP contribution in [0, 0.1) is 0 Å². The van der Waals surface area contributed by atoms with Gasteiger partial charge in [-0.15, -0.1) is 0 Å². The van der Waals surface area contributed by atoms with Crippen molar-refractivity contribution in [1.29, 1.82) is 0 Å². The fraction of sp³-hybridized carbons (Fsp3) is 0.817. The Morgan fingerprint density at radius 3 is 0.792 bits per heavy atom. The second-order valence-corrected chi connectivity index (χ2v) is 22.7. The molecule has 0 radical (unpaired) electrons. The summed E-state index contributed by atoms with van der Waals surface area (Å²) >= 11 is 0. The maximum Gasteiger partial charge on any atom is 0.306 e. The van der Waals surface area contributed by atoms with Crippen molar-refractivity contribution in [3.8, 4) is 0 Å². The summed E-state index contributed by atoms with van der Waals surface area (Å²) in [6, 6.07) is 0. The number of unbranched alkanes of at least 4 members (excludes halogenated alkanes) is 41. The Morgan fingerprint density at radius 1 is 0.273 bits per heavy atom. The fourth-order valence-corrected chi connectivity index (χ4v) is 10.0. The molecule has 0 bridgehead atoms. The molecule has 6 heteroatoms. The van der Waals surface area contributed by atoms with Crippen molar-refractivity contribution in [3.05, 3.63) is 60.8 Å². The van der Waals surface area contributed by atoms with Crippen molar-refractivity contribution in [1.82, 2.24) is 0 Å². The van der Waals surface area contributed by atoms with Gasteiger partial charge in [-0.3, -0.25) is 14.4 Å². The Labute approximate surface area is 479 Å². The molecule has 0 fully saturated rings. The van der Waals surface area contributed by atoms with E-state index in [0.717, 1.165) is 109 Å². The van der Waals surface area contributed by atoms with E-state index in [-0.39, 0.29) is 31.1 Å². The van der Waals surface area contributed by atoms with Gasteiger partial charge < -0.3 is 14.2 Å². The first-order valence-corrected chi connectivity index (χ1v) is 33.8. The van der Waals surface area contributed by atoms with E-state index in [9.17, 15) is 14.4 Å². The van der Waals surface area contributed by atoms with Crippen LogP contribution >= 0.6 is 0 Å². The van der Waals surface area contributed by atoms with E-state index in [2.05, 4.69) is 81.5 Å². The van der Waals surface area contributed by atoms with Crippen LogP contribution < -0.4 is 0 Å². The van der Waals surface area contributed by atoms with Crippen LogP contribution in [0.2, 0.25) is 0 Å². The standard InChI is InChI=1S/C71H128O6/c1-4-7-10-13-16-19-22-25-28-30-32-34-35-37-38-40-43-46-49-52-55-58-61-64-70(73)76-67-68(66-75-69(72)63-60-57-54-51-48-45-42-27-24-21-18-15-12-9-6-3)77-71(74)65-62-59-56-53-50-47-44-41-39-36-33-31-29-26-23-20-17-14-11-8-5-2/h8,11,17,20,26,29,33,36,41,44,68H,4-7,9-10,12-16,18-19,21-25,27-28,30-32,34-35,37-40,42-43,45-67H2,1-3H3/b11-8-,20-17-,29-26-,36-33-,44-41-. The second-order valence-electron chi connectivity index (χ2n) is 22.7. The summed E-state index contributed by atoms with van der Waals surface area (Å²) in [6.45, 7) is 6.58. The highest BCUT2D eigenvalue weighted by molar-refractivity contribution is 5.71. The lowest BCUT2D eigenvalue weighted by molar-refractivity contribution is -0.167. The Morgan fingerprint density at radius 2 is 0.506 bits per heavy atom. The molecule has 77 heavy (non-hydrogen) atoms. The molecule has 0 heterocycles. The highest BCUT2D eigenvalue weighted by Gasteiger charge is 2.19. The summed E-state index contributed by atoms with van der Waals surface area (Å²) in [5.41, 5.74) is 0.